The highest BCUT2D eigenvalue weighted by atomic mass is 19.1. The molecule has 1 aromatic heterocycles. The van der Waals surface area contributed by atoms with Gasteiger partial charge in [0.05, 0.1) is 12.8 Å². The summed E-state index contributed by atoms with van der Waals surface area (Å²) in [6, 6.07) is 5.17. The number of methoxy groups -OCH3 is 1. The molecule has 0 radical (unpaired) electrons. The first-order valence-corrected chi connectivity index (χ1v) is 8.27. The number of benzene rings is 1. The van der Waals surface area contributed by atoms with Crippen LogP contribution in [0.3, 0.4) is 0 Å². The molecule has 0 atom stereocenters. The Labute approximate surface area is 140 Å². The van der Waals surface area contributed by atoms with E-state index in [1.165, 1.54) is 7.11 Å². The highest BCUT2D eigenvalue weighted by Gasteiger charge is 2.22. The van der Waals surface area contributed by atoms with Crippen LogP contribution in [0.2, 0.25) is 0 Å². The third-order valence-electron chi connectivity index (χ3n) is 4.35. The standard InChI is InChI=1S/C18H22FN3O2/c1-3-5-16-20-14-11-22(9-8-13(14)18(23)21-16)10-12-6-4-7-15(24-2)17(12)19/h4,6-7H,3,5,8-11H2,1-2H3,(H,20,21,23). The van der Waals surface area contributed by atoms with E-state index in [4.69, 9.17) is 4.74 Å². The van der Waals surface area contributed by atoms with E-state index in [0.29, 0.717) is 31.6 Å². The largest absolute Gasteiger partial charge is 0.494 e. The maximum absolute atomic E-state index is 14.3. The number of hydrogen-bond acceptors (Lipinski definition) is 4. The third kappa shape index (κ3) is 3.33. The summed E-state index contributed by atoms with van der Waals surface area (Å²) in [4.78, 5) is 21.7. The highest BCUT2D eigenvalue weighted by molar-refractivity contribution is 5.31. The molecule has 6 heteroatoms. The maximum atomic E-state index is 14.3. The lowest BCUT2D eigenvalue weighted by molar-refractivity contribution is 0.235. The molecule has 0 saturated carbocycles. The van der Waals surface area contributed by atoms with Crippen molar-refractivity contribution >= 4 is 0 Å². The van der Waals surface area contributed by atoms with Crippen LogP contribution in [0.1, 0.15) is 36.0 Å². The second-order valence-corrected chi connectivity index (χ2v) is 6.08. The molecule has 1 aliphatic heterocycles. The van der Waals surface area contributed by atoms with Crippen molar-refractivity contribution in [1.29, 1.82) is 0 Å². The topological polar surface area (TPSA) is 58.2 Å². The molecule has 0 spiro atoms. The first-order chi connectivity index (χ1) is 11.6. The van der Waals surface area contributed by atoms with Gasteiger partial charge in [-0.2, -0.15) is 0 Å². The quantitative estimate of drug-likeness (QED) is 0.914. The van der Waals surface area contributed by atoms with Crippen molar-refractivity contribution in [3.63, 3.8) is 0 Å². The Bertz CT molecular complexity index is 788. The van der Waals surface area contributed by atoms with Gasteiger partial charge in [-0.25, -0.2) is 9.37 Å². The number of rotatable bonds is 5. The van der Waals surface area contributed by atoms with Crippen molar-refractivity contribution in [2.75, 3.05) is 13.7 Å². The summed E-state index contributed by atoms with van der Waals surface area (Å²) < 4.78 is 19.4. The van der Waals surface area contributed by atoms with Gasteiger partial charge in [0.25, 0.3) is 5.56 Å². The molecule has 0 aliphatic carbocycles. The number of hydrogen-bond donors (Lipinski definition) is 1. The van der Waals surface area contributed by atoms with E-state index in [2.05, 4.69) is 21.8 Å². The van der Waals surface area contributed by atoms with Crippen LogP contribution >= 0.6 is 0 Å². The summed E-state index contributed by atoms with van der Waals surface area (Å²) in [5.74, 6) is 0.664. The summed E-state index contributed by atoms with van der Waals surface area (Å²) in [5, 5.41) is 0. The van der Waals surface area contributed by atoms with E-state index in [1.54, 1.807) is 18.2 Å². The van der Waals surface area contributed by atoms with Crippen LogP contribution in [0.4, 0.5) is 4.39 Å². The number of aryl methyl sites for hydroxylation is 1. The Morgan fingerprint density at radius 3 is 3.00 bits per heavy atom. The zero-order valence-corrected chi connectivity index (χ0v) is 14.1. The van der Waals surface area contributed by atoms with Gasteiger partial charge in [0.15, 0.2) is 11.6 Å². The number of fused-ring (bicyclic) bond motifs is 1. The molecule has 1 aliphatic rings. The lowest BCUT2D eigenvalue weighted by Crippen LogP contribution is -2.35. The van der Waals surface area contributed by atoms with E-state index in [0.717, 1.165) is 29.9 Å². The molecule has 2 heterocycles. The van der Waals surface area contributed by atoms with Gasteiger partial charge in [-0.1, -0.05) is 19.1 Å². The van der Waals surface area contributed by atoms with Crippen molar-refractivity contribution in [2.45, 2.75) is 39.3 Å². The van der Waals surface area contributed by atoms with E-state index in [9.17, 15) is 9.18 Å². The van der Waals surface area contributed by atoms with Crippen molar-refractivity contribution in [3.05, 3.63) is 57.0 Å². The molecule has 1 N–H and O–H groups in total. The Morgan fingerprint density at radius 2 is 2.25 bits per heavy atom. The molecular weight excluding hydrogens is 309 g/mol. The van der Waals surface area contributed by atoms with Crippen LogP contribution in [0.5, 0.6) is 5.75 Å². The van der Waals surface area contributed by atoms with Gasteiger partial charge in [0.1, 0.15) is 5.82 Å². The smallest absolute Gasteiger partial charge is 0.254 e. The fourth-order valence-electron chi connectivity index (χ4n) is 3.11. The van der Waals surface area contributed by atoms with E-state index in [-0.39, 0.29) is 17.1 Å². The molecule has 128 valence electrons. The van der Waals surface area contributed by atoms with Crippen molar-refractivity contribution in [3.8, 4) is 5.75 Å². The molecular formula is C18H22FN3O2. The molecule has 0 fully saturated rings. The monoisotopic (exact) mass is 331 g/mol. The predicted molar refractivity (Wildman–Crippen MR) is 89.6 cm³/mol. The second kappa shape index (κ2) is 7.13. The van der Waals surface area contributed by atoms with Crippen LogP contribution in [-0.4, -0.2) is 28.5 Å². The van der Waals surface area contributed by atoms with Gasteiger partial charge in [0.2, 0.25) is 0 Å². The lowest BCUT2D eigenvalue weighted by Gasteiger charge is -2.28. The van der Waals surface area contributed by atoms with Gasteiger partial charge in [-0.15, -0.1) is 0 Å². The van der Waals surface area contributed by atoms with Gasteiger partial charge in [0, 0.05) is 37.2 Å². The predicted octanol–water partition coefficient (Wildman–Crippen LogP) is 2.43. The summed E-state index contributed by atoms with van der Waals surface area (Å²) in [6.45, 7) is 3.80. The van der Waals surface area contributed by atoms with Crippen LogP contribution in [-0.2, 0) is 25.9 Å². The summed E-state index contributed by atoms with van der Waals surface area (Å²) >= 11 is 0. The van der Waals surface area contributed by atoms with E-state index < -0.39 is 0 Å². The average molecular weight is 331 g/mol. The minimum atomic E-state index is -0.323. The number of nitrogens with zero attached hydrogens (tertiary/aromatic N) is 2. The fraction of sp³-hybridized carbons (Fsp3) is 0.444. The Kier molecular flexibility index (Phi) is 4.94. The first kappa shape index (κ1) is 16.6. The molecule has 0 unspecified atom stereocenters. The minimum Gasteiger partial charge on any atom is -0.494 e. The van der Waals surface area contributed by atoms with Gasteiger partial charge < -0.3 is 9.72 Å². The molecule has 1 aromatic carbocycles. The van der Waals surface area contributed by atoms with Crippen LogP contribution in [0, 0.1) is 5.82 Å². The number of ether oxygens (including phenoxy) is 1. The van der Waals surface area contributed by atoms with E-state index >= 15 is 0 Å². The minimum absolute atomic E-state index is 0.0318. The Hall–Kier alpha value is -2.21. The number of nitrogens with one attached hydrogen (secondary N) is 1. The normalized spacial score (nSPS) is 14.5. The third-order valence-corrected chi connectivity index (χ3v) is 4.35. The van der Waals surface area contributed by atoms with Crippen molar-refractivity contribution < 1.29 is 9.13 Å². The molecule has 0 saturated heterocycles. The molecule has 0 bridgehead atoms. The number of halogens is 1. The van der Waals surface area contributed by atoms with Gasteiger partial charge in [-0.3, -0.25) is 9.69 Å². The Balaban J connectivity index is 1.81. The van der Waals surface area contributed by atoms with Crippen molar-refractivity contribution in [2.24, 2.45) is 0 Å². The number of H-pyrrole nitrogens is 1. The first-order valence-electron chi connectivity index (χ1n) is 8.27. The summed E-state index contributed by atoms with van der Waals surface area (Å²) in [7, 11) is 1.46. The average Bonchev–Trinajstić information content (AvgIpc) is 2.57. The fourth-order valence-corrected chi connectivity index (χ4v) is 3.11. The lowest BCUT2D eigenvalue weighted by atomic mass is 10.0. The molecule has 3 rings (SSSR count). The van der Waals surface area contributed by atoms with Gasteiger partial charge >= 0.3 is 0 Å². The summed E-state index contributed by atoms with van der Waals surface area (Å²) in [5.41, 5.74) is 2.14. The number of aromatic amines is 1. The Morgan fingerprint density at radius 1 is 1.42 bits per heavy atom. The van der Waals surface area contributed by atoms with Crippen molar-refractivity contribution in [1.82, 2.24) is 14.9 Å². The number of aromatic nitrogens is 2. The van der Waals surface area contributed by atoms with Crippen LogP contribution in [0.25, 0.3) is 0 Å². The van der Waals surface area contributed by atoms with E-state index in [1.807, 2.05) is 0 Å². The highest BCUT2D eigenvalue weighted by Crippen LogP contribution is 2.23. The van der Waals surface area contributed by atoms with Crippen LogP contribution < -0.4 is 10.3 Å². The summed E-state index contributed by atoms with van der Waals surface area (Å²) in [6.07, 6.45) is 2.32. The second-order valence-electron chi connectivity index (χ2n) is 6.08. The van der Waals surface area contributed by atoms with Gasteiger partial charge in [-0.05, 0) is 18.9 Å². The zero-order valence-electron chi connectivity index (χ0n) is 14.1. The van der Waals surface area contributed by atoms with Crippen LogP contribution in [0.15, 0.2) is 23.0 Å². The molecule has 24 heavy (non-hydrogen) atoms. The molecule has 5 nitrogen and oxygen atoms in total. The molecule has 0 amide bonds. The SMILES string of the molecule is CCCc1nc2c(c(=O)[nH]1)CCN(Cc1cccc(OC)c1F)C2. The zero-order chi connectivity index (χ0) is 17.1. The molecule has 2 aromatic rings. The maximum Gasteiger partial charge on any atom is 0.254 e.